The number of hydrogen-bond acceptors (Lipinski definition) is 7. The van der Waals surface area contributed by atoms with E-state index in [4.69, 9.17) is 0 Å². The number of anilines is 1. The first-order valence-corrected chi connectivity index (χ1v) is 10.1. The monoisotopic (exact) mass is 398 g/mol. The maximum Gasteiger partial charge on any atom is 0.262 e. The van der Waals surface area contributed by atoms with Crippen LogP contribution in [0.15, 0.2) is 29.7 Å². The fourth-order valence-corrected chi connectivity index (χ4v) is 4.43. The third-order valence-corrected chi connectivity index (χ3v) is 6.34. The van der Waals surface area contributed by atoms with Crippen LogP contribution in [-0.4, -0.2) is 56.5 Å². The van der Waals surface area contributed by atoms with E-state index in [0.717, 1.165) is 34.2 Å². The van der Waals surface area contributed by atoms with Gasteiger partial charge in [-0.2, -0.15) is 0 Å². The van der Waals surface area contributed by atoms with Crippen LogP contribution in [0.25, 0.3) is 10.2 Å². The van der Waals surface area contributed by atoms with Crippen molar-refractivity contribution in [1.82, 2.24) is 24.4 Å². The lowest BCUT2D eigenvalue weighted by atomic mass is 10.2. The number of aryl methyl sites for hydroxylation is 3. The number of thiophene rings is 1. The van der Waals surface area contributed by atoms with E-state index in [1.165, 1.54) is 11.3 Å². The van der Waals surface area contributed by atoms with Crippen LogP contribution in [0.1, 0.15) is 16.9 Å². The van der Waals surface area contributed by atoms with Crippen molar-refractivity contribution in [2.24, 2.45) is 0 Å². The lowest BCUT2D eigenvalue weighted by Gasteiger charge is -2.35. The summed E-state index contributed by atoms with van der Waals surface area (Å²) in [6.07, 6.45) is 6.91. The van der Waals surface area contributed by atoms with Crippen LogP contribution < -0.4 is 10.5 Å². The third kappa shape index (κ3) is 3.49. The Morgan fingerprint density at radius 1 is 1.14 bits per heavy atom. The Bertz CT molecular complexity index is 1050. The summed E-state index contributed by atoms with van der Waals surface area (Å²) in [6, 6.07) is 0. The molecule has 1 aliphatic rings. The average Bonchev–Trinajstić information content (AvgIpc) is 3.02. The normalized spacial score (nSPS) is 14.6. The number of aromatic nitrogens is 4. The van der Waals surface area contributed by atoms with Gasteiger partial charge in [0.05, 0.1) is 17.9 Å². The summed E-state index contributed by atoms with van der Waals surface area (Å²) in [5.41, 5.74) is 0.922. The SMILES string of the molecule is Cc1sc2ncn(CCC(=O)N3CCN(c4cnccn4)CC3)c(=O)c2c1C. The zero-order valence-corrected chi connectivity index (χ0v) is 16.8. The van der Waals surface area contributed by atoms with Crippen molar-refractivity contribution < 1.29 is 4.79 Å². The summed E-state index contributed by atoms with van der Waals surface area (Å²) in [5.74, 6) is 0.894. The van der Waals surface area contributed by atoms with Crippen LogP contribution in [-0.2, 0) is 11.3 Å². The Hall–Kier alpha value is -2.81. The molecule has 146 valence electrons. The highest BCUT2D eigenvalue weighted by Crippen LogP contribution is 2.25. The van der Waals surface area contributed by atoms with Crippen molar-refractivity contribution in [1.29, 1.82) is 0 Å². The Balaban J connectivity index is 1.38. The van der Waals surface area contributed by atoms with E-state index in [1.54, 1.807) is 29.5 Å². The molecule has 0 aliphatic carbocycles. The third-order valence-electron chi connectivity index (χ3n) is 5.23. The van der Waals surface area contributed by atoms with E-state index >= 15 is 0 Å². The summed E-state index contributed by atoms with van der Waals surface area (Å²) < 4.78 is 1.55. The zero-order chi connectivity index (χ0) is 19.7. The number of piperazine rings is 1. The van der Waals surface area contributed by atoms with Crippen molar-refractivity contribution in [3.8, 4) is 0 Å². The number of fused-ring (bicyclic) bond motifs is 1. The second-order valence-electron chi connectivity index (χ2n) is 6.89. The molecule has 8 nitrogen and oxygen atoms in total. The highest BCUT2D eigenvalue weighted by Gasteiger charge is 2.22. The molecule has 0 aromatic carbocycles. The zero-order valence-electron chi connectivity index (χ0n) is 16.0. The van der Waals surface area contributed by atoms with E-state index in [0.29, 0.717) is 31.4 Å². The average molecular weight is 398 g/mol. The van der Waals surface area contributed by atoms with Gasteiger partial charge in [-0.15, -0.1) is 11.3 Å². The molecule has 1 aliphatic heterocycles. The fourth-order valence-electron chi connectivity index (χ4n) is 3.44. The first-order chi connectivity index (χ1) is 13.5. The van der Waals surface area contributed by atoms with Crippen LogP contribution in [0.4, 0.5) is 5.82 Å². The van der Waals surface area contributed by atoms with Gasteiger partial charge >= 0.3 is 0 Å². The van der Waals surface area contributed by atoms with Crippen molar-refractivity contribution in [3.05, 3.63) is 45.7 Å². The van der Waals surface area contributed by atoms with Gasteiger partial charge in [-0.3, -0.25) is 19.1 Å². The van der Waals surface area contributed by atoms with Crippen LogP contribution >= 0.6 is 11.3 Å². The maximum atomic E-state index is 12.7. The number of carbonyl (C=O) groups is 1. The van der Waals surface area contributed by atoms with Gasteiger partial charge in [0.2, 0.25) is 5.91 Å². The van der Waals surface area contributed by atoms with E-state index in [-0.39, 0.29) is 11.5 Å². The van der Waals surface area contributed by atoms with Gasteiger partial charge in [0.25, 0.3) is 5.56 Å². The number of carbonyl (C=O) groups excluding carboxylic acids is 1. The minimum Gasteiger partial charge on any atom is -0.352 e. The lowest BCUT2D eigenvalue weighted by molar-refractivity contribution is -0.131. The molecule has 0 unspecified atom stereocenters. The number of rotatable bonds is 4. The minimum atomic E-state index is -0.0629. The fraction of sp³-hybridized carbons (Fsp3) is 0.421. The highest BCUT2D eigenvalue weighted by molar-refractivity contribution is 7.18. The summed E-state index contributed by atoms with van der Waals surface area (Å²) in [6.45, 7) is 7.03. The Morgan fingerprint density at radius 2 is 1.93 bits per heavy atom. The summed E-state index contributed by atoms with van der Waals surface area (Å²) >= 11 is 1.53. The molecule has 1 amide bonds. The topological polar surface area (TPSA) is 84.2 Å². The second-order valence-corrected chi connectivity index (χ2v) is 8.09. The maximum absolute atomic E-state index is 12.7. The first kappa shape index (κ1) is 18.5. The second kappa shape index (κ2) is 7.67. The van der Waals surface area contributed by atoms with Gasteiger partial charge in [0, 0.05) is 56.4 Å². The number of amides is 1. The van der Waals surface area contributed by atoms with Crippen LogP contribution in [0, 0.1) is 13.8 Å². The van der Waals surface area contributed by atoms with Gasteiger partial charge in [-0.1, -0.05) is 0 Å². The predicted molar refractivity (Wildman–Crippen MR) is 109 cm³/mol. The van der Waals surface area contributed by atoms with Crippen molar-refractivity contribution in [2.45, 2.75) is 26.8 Å². The molecule has 0 saturated carbocycles. The standard InChI is InChI=1S/C19H22N6O2S/c1-13-14(2)28-18-17(13)19(27)25(12-22-18)6-3-16(26)24-9-7-23(8-10-24)15-11-20-4-5-21-15/h4-5,11-12H,3,6-10H2,1-2H3. The highest BCUT2D eigenvalue weighted by atomic mass is 32.1. The summed E-state index contributed by atoms with van der Waals surface area (Å²) in [5, 5.41) is 0.676. The first-order valence-electron chi connectivity index (χ1n) is 9.28. The molecule has 1 saturated heterocycles. The molecule has 9 heteroatoms. The minimum absolute atomic E-state index is 0.0593. The summed E-state index contributed by atoms with van der Waals surface area (Å²) in [7, 11) is 0. The quantitative estimate of drug-likeness (QED) is 0.664. The van der Waals surface area contributed by atoms with Crippen LogP contribution in [0.2, 0.25) is 0 Å². The smallest absolute Gasteiger partial charge is 0.262 e. The largest absolute Gasteiger partial charge is 0.352 e. The van der Waals surface area contributed by atoms with Crippen molar-refractivity contribution in [3.63, 3.8) is 0 Å². The van der Waals surface area contributed by atoms with E-state index in [1.807, 2.05) is 18.7 Å². The van der Waals surface area contributed by atoms with E-state index < -0.39 is 0 Å². The van der Waals surface area contributed by atoms with Crippen LogP contribution in [0.5, 0.6) is 0 Å². The van der Waals surface area contributed by atoms with Gasteiger partial charge in [0.1, 0.15) is 10.6 Å². The van der Waals surface area contributed by atoms with Crippen LogP contribution in [0.3, 0.4) is 0 Å². The van der Waals surface area contributed by atoms with Crippen molar-refractivity contribution in [2.75, 3.05) is 31.1 Å². The molecular weight excluding hydrogens is 376 g/mol. The van der Waals surface area contributed by atoms with Gasteiger partial charge in [-0.05, 0) is 19.4 Å². The molecule has 4 heterocycles. The van der Waals surface area contributed by atoms with Crippen molar-refractivity contribution >= 4 is 33.3 Å². The van der Waals surface area contributed by atoms with Gasteiger partial charge in [-0.25, -0.2) is 9.97 Å². The number of hydrogen-bond donors (Lipinski definition) is 0. The molecule has 1 fully saturated rings. The Labute approximate surface area is 166 Å². The molecule has 0 N–H and O–H groups in total. The molecule has 0 bridgehead atoms. The Morgan fingerprint density at radius 3 is 2.64 bits per heavy atom. The molecule has 3 aromatic rings. The molecule has 0 radical (unpaired) electrons. The molecule has 0 spiro atoms. The predicted octanol–water partition coefficient (Wildman–Crippen LogP) is 1.60. The molecular formula is C19H22N6O2S. The van der Waals surface area contributed by atoms with Gasteiger partial charge < -0.3 is 9.80 Å². The molecule has 3 aromatic heterocycles. The molecule has 28 heavy (non-hydrogen) atoms. The lowest BCUT2D eigenvalue weighted by Crippen LogP contribution is -2.49. The number of nitrogens with zero attached hydrogens (tertiary/aromatic N) is 6. The van der Waals surface area contributed by atoms with E-state index in [9.17, 15) is 9.59 Å². The molecule has 0 atom stereocenters. The summed E-state index contributed by atoms with van der Waals surface area (Å²) in [4.78, 5) is 44.0. The molecule has 4 rings (SSSR count). The van der Waals surface area contributed by atoms with Gasteiger partial charge in [0.15, 0.2) is 0 Å². The van der Waals surface area contributed by atoms with E-state index in [2.05, 4.69) is 19.9 Å². The Kier molecular flexibility index (Phi) is 5.08.